The number of carbonyl (C=O) groups is 1. The lowest BCUT2D eigenvalue weighted by molar-refractivity contribution is 0.0918. The minimum absolute atomic E-state index is 0.0255. The first-order valence-electron chi connectivity index (χ1n) is 7.21. The molecule has 116 valence electrons. The van der Waals surface area contributed by atoms with Crippen LogP contribution in [0, 0.1) is 11.7 Å². The summed E-state index contributed by atoms with van der Waals surface area (Å²) in [5.41, 5.74) is 1.42. The fraction of sp³-hybridized carbons (Fsp3) is 0.278. The molecule has 0 fully saturated rings. The number of ether oxygens (including phenoxy) is 1. The molecule has 0 aliphatic heterocycles. The molecule has 0 aliphatic rings. The quantitative estimate of drug-likeness (QED) is 0.799. The van der Waals surface area contributed by atoms with Crippen LogP contribution < -0.4 is 10.1 Å². The van der Waals surface area contributed by atoms with Gasteiger partial charge in [0, 0.05) is 18.0 Å². The minimum atomic E-state index is -0.283. The van der Waals surface area contributed by atoms with Crippen molar-refractivity contribution in [2.75, 3.05) is 20.7 Å². The molecular formula is C18H20FNO2. The molecule has 0 saturated carbocycles. The molecule has 0 radical (unpaired) electrons. The number of hydrogen-bond acceptors (Lipinski definition) is 3. The van der Waals surface area contributed by atoms with Gasteiger partial charge in [0.15, 0.2) is 5.78 Å². The molecule has 0 aromatic heterocycles. The molecule has 0 heterocycles. The van der Waals surface area contributed by atoms with Crippen molar-refractivity contribution >= 4 is 5.78 Å². The Morgan fingerprint density at radius 1 is 1.23 bits per heavy atom. The average molecular weight is 301 g/mol. The molecule has 2 aromatic carbocycles. The van der Waals surface area contributed by atoms with Crippen LogP contribution in [0.5, 0.6) is 5.75 Å². The van der Waals surface area contributed by atoms with Gasteiger partial charge in [-0.05, 0) is 43.3 Å². The summed E-state index contributed by atoms with van der Waals surface area (Å²) in [7, 11) is 3.37. The summed E-state index contributed by atoms with van der Waals surface area (Å²) in [6.07, 6.45) is 0.495. The fourth-order valence-corrected chi connectivity index (χ4v) is 2.46. The van der Waals surface area contributed by atoms with E-state index in [0.29, 0.717) is 24.3 Å². The van der Waals surface area contributed by atoms with Crippen molar-refractivity contribution in [2.45, 2.75) is 6.42 Å². The van der Waals surface area contributed by atoms with E-state index in [4.69, 9.17) is 4.74 Å². The molecule has 0 saturated heterocycles. The minimum Gasteiger partial charge on any atom is -0.497 e. The number of benzene rings is 2. The number of ketones is 1. The average Bonchev–Trinajstić information content (AvgIpc) is 2.54. The molecule has 0 amide bonds. The predicted molar refractivity (Wildman–Crippen MR) is 84.8 cm³/mol. The van der Waals surface area contributed by atoms with Crippen molar-refractivity contribution in [3.8, 4) is 5.75 Å². The van der Waals surface area contributed by atoms with Gasteiger partial charge in [-0.3, -0.25) is 4.79 Å². The molecule has 0 spiro atoms. The number of hydrogen-bond donors (Lipinski definition) is 1. The van der Waals surface area contributed by atoms with Crippen LogP contribution in [0.15, 0.2) is 48.5 Å². The van der Waals surface area contributed by atoms with E-state index in [9.17, 15) is 9.18 Å². The zero-order valence-electron chi connectivity index (χ0n) is 12.8. The Balaban J connectivity index is 2.20. The van der Waals surface area contributed by atoms with Gasteiger partial charge in [-0.15, -0.1) is 0 Å². The van der Waals surface area contributed by atoms with Gasteiger partial charge in [-0.25, -0.2) is 4.39 Å². The summed E-state index contributed by atoms with van der Waals surface area (Å²) < 4.78 is 18.5. The van der Waals surface area contributed by atoms with Crippen molar-refractivity contribution in [1.82, 2.24) is 5.32 Å². The van der Waals surface area contributed by atoms with E-state index in [1.165, 1.54) is 12.1 Å². The van der Waals surface area contributed by atoms with Crippen LogP contribution >= 0.6 is 0 Å². The second-order valence-electron chi connectivity index (χ2n) is 5.18. The fourth-order valence-electron chi connectivity index (χ4n) is 2.46. The normalized spacial score (nSPS) is 12.0. The monoisotopic (exact) mass is 301 g/mol. The Morgan fingerprint density at radius 2 is 2.00 bits per heavy atom. The number of carbonyl (C=O) groups excluding carboxylic acids is 1. The van der Waals surface area contributed by atoms with E-state index in [2.05, 4.69) is 5.32 Å². The number of rotatable bonds is 7. The summed E-state index contributed by atoms with van der Waals surface area (Å²) in [5, 5.41) is 3.04. The van der Waals surface area contributed by atoms with Crippen molar-refractivity contribution in [1.29, 1.82) is 0 Å². The number of methoxy groups -OCH3 is 1. The van der Waals surface area contributed by atoms with Crippen LogP contribution in [-0.4, -0.2) is 26.5 Å². The highest BCUT2D eigenvalue weighted by molar-refractivity contribution is 5.98. The van der Waals surface area contributed by atoms with E-state index in [1.807, 2.05) is 6.07 Å². The Bertz CT molecular complexity index is 642. The zero-order valence-corrected chi connectivity index (χ0v) is 12.8. The number of Topliss-reactive ketones (excluding diaryl/α,β-unsaturated/α-hetero) is 1. The first-order chi connectivity index (χ1) is 10.6. The SMILES string of the molecule is CNC[C@H](Cc1cccc(F)c1)C(=O)c1cccc(OC)c1. The van der Waals surface area contributed by atoms with E-state index < -0.39 is 0 Å². The second kappa shape index (κ2) is 7.71. The maximum absolute atomic E-state index is 13.3. The smallest absolute Gasteiger partial charge is 0.167 e. The Morgan fingerprint density at radius 3 is 2.68 bits per heavy atom. The lowest BCUT2D eigenvalue weighted by atomic mass is 9.91. The molecule has 1 atom stereocenters. The Labute approximate surface area is 130 Å². The topological polar surface area (TPSA) is 38.3 Å². The molecule has 0 aliphatic carbocycles. The summed E-state index contributed by atoms with van der Waals surface area (Å²) in [6, 6.07) is 13.5. The van der Waals surface area contributed by atoms with Gasteiger partial charge in [0.2, 0.25) is 0 Å². The predicted octanol–water partition coefficient (Wildman–Crippen LogP) is 3.10. The van der Waals surface area contributed by atoms with Gasteiger partial charge >= 0.3 is 0 Å². The van der Waals surface area contributed by atoms with Crippen LogP contribution in [-0.2, 0) is 6.42 Å². The molecule has 3 nitrogen and oxygen atoms in total. The summed E-state index contributed by atoms with van der Waals surface area (Å²) >= 11 is 0. The second-order valence-corrected chi connectivity index (χ2v) is 5.18. The van der Waals surface area contributed by atoms with Gasteiger partial charge in [0.05, 0.1) is 7.11 Å². The molecular weight excluding hydrogens is 281 g/mol. The maximum atomic E-state index is 13.3. The van der Waals surface area contributed by atoms with Crippen LogP contribution in [0.2, 0.25) is 0 Å². The first-order valence-corrected chi connectivity index (χ1v) is 7.21. The van der Waals surface area contributed by atoms with Crippen molar-refractivity contribution in [3.05, 3.63) is 65.5 Å². The molecule has 1 N–H and O–H groups in total. The van der Waals surface area contributed by atoms with Crippen LogP contribution in [0.3, 0.4) is 0 Å². The summed E-state index contributed by atoms with van der Waals surface area (Å²) in [6.45, 7) is 0.534. The first kappa shape index (κ1) is 16.2. The highest BCUT2D eigenvalue weighted by Crippen LogP contribution is 2.19. The van der Waals surface area contributed by atoms with Gasteiger partial charge < -0.3 is 10.1 Å². The van der Waals surface area contributed by atoms with Gasteiger partial charge in [0.1, 0.15) is 11.6 Å². The van der Waals surface area contributed by atoms with Crippen molar-refractivity contribution < 1.29 is 13.9 Å². The van der Waals surface area contributed by atoms with E-state index >= 15 is 0 Å². The third kappa shape index (κ3) is 4.15. The summed E-state index contributed by atoms with van der Waals surface area (Å²) in [4.78, 5) is 12.7. The lowest BCUT2D eigenvalue weighted by Gasteiger charge is -2.16. The summed E-state index contributed by atoms with van der Waals surface area (Å²) in [5.74, 6) is 0.144. The lowest BCUT2D eigenvalue weighted by Crippen LogP contribution is -2.28. The highest BCUT2D eigenvalue weighted by Gasteiger charge is 2.20. The largest absolute Gasteiger partial charge is 0.497 e. The molecule has 2 rings (SSSR count). The van der Waals surface area contributed by atoms with Gasteiger partial charge in [-0.2, -0.15) is 0 Å². The van der Waals surface area contributed by atoms with Gasteiger partial charge in [-0.1, -0.05) is 24.3 Å². The Kier molecular flexibility index (Phi) is 5.67. The van der Waals surface area contributed by atoms with Gasteiger partial charge in [0.25, 0.3) is 0 Å². The van der Waals surface area contributed by atoms with Crippen LogP contribution in [0.25, 0.3) is 0 Å². The highest BCUT2D eigenvalue weighted by atomic mass is 19.1. The molecule has 22 heavy (non-hydrogen) atoms. The maximum Gasteiger partial charge on any atom is 0.167 e. The Hall–Kier alpha value is -2.20. The molecule has 0 bridgehead atoms. The van der Waals surface area contributed by atoms with E-state index in [-0.39, 0.29) is 17.5 Å². The standard InChI is InChI=1S/C18H20FNO2/c1-20-12-15(9-13-5-3-7-16(19)10-13)18(21)14-6-4-8-17(11-14)22-2/h3-8,10-11,15,20H,9,12H2,1-2H3/t15-/m0/s1. The van der Waals surface area contributed by atoms with Crippen molar-refractivity contribution in [3.63, 3.8) is 0 Å². The van der Waals surface area contributed by atoms with E-state index in [0.717, 1.165) is 5.56 Å². The van der Waals surface area contributed by atoms with Crippen LogP contribution in [0.1, 0.15) is 15.9 Å². The number of nitrogens with one attached hydrogen (secondary N) is 1. The third-order valence-corrected chi connectivity index (χ3v) is 3.55. The molecule has 2 aromatic rings. The van der Waals surface area contributed by atoms with Crippen molar-refractivity contribution in [2.24, 2.45) is 5.92 Å². The van der Waals surface area contributed by atoms with E-state index in [1.54, 1.807) is 44.5 Å². The zero-order chi connectivity index (χ0) is 15.9. The molecule has 4 heteroatoms. The van der Waals surface area contributed by atoms with Crippen LogP contribution in [0.4, 0.5) is 4.39 Å². The molecule has 0 unspecified atom stereocenters. The third-order valence-electron chi connectivity index (χ3n) is 3.55. The number of halogens is 1.